The van der Waals surface area contributed by atoms with E-state index in [1.54, 1.807) is 7.11 Å². The summed E-state index contributed by atoms with van der Waals surface area (Å²) < 4.78 is 5.53. The topological polar surface area (TPSA) is 62.7 Å². The number of nitrogens with zero attached hydrogens (tertiary/aromatic N) is 1. The summed E-state index contributed by atoms with van der Waals surface area (Å²) in [6.07, 6.45) is 4.35. The van der Waals surface area contributed by atoms with Gasteiger partial charge in [0, 0.05) is 29.7 Å². The number of aliphatic imine (C=N–C) groups is 1. The minimum atomic E-state index is -0.144. The summed E-state index contributed by atoms with van der Waals surface area (Å²) in [5.41, 5.74) is 5.79. The minimum Gasteiger partial charge on any atom is -0.496 e. The van der Waals surface area contributed by atoms with E-state index in [1.165, 1.54) is 5.57 Å². The quantitative estimate of drug-likeness (QED) is 0.526. The zero-order valence-corrected chi connectivity index (χ0v) is 18.1. The van der Waals surface area contributed by atoms with E-state index in [9.17, 15) is 4.79 Å². The molecule has 0 spiro atoms. The monoisotopic (exact) mass is 403 g/mol. The van der Waals surface area contributed by atoms with Crippen molar-refractivity contribution < 1.29 is 9.53 Å². The smallest absolute Gasteiger partial charge is 0.252 e. The maximum Gasteiger partial charge on any atom is 0.252 e. The second-order valence-electron chi connectivity index (χ2n) is 7.34. The van der Waals surface area contributed by atoms with Crippen LogP contribution in [-0.2, 0) is 11.2 Å². The molecule has 1 heterocycles. The van der Waals surface area contributed by atoms with E-state index in [1.807, 2.05) is 56.3 Å². The predicted octanol–water partition coefficient (Wildman–Crippen LogP) is 4.57. The van der Waals surface area contributed by atoms with Gasteiger partial charge in [-0.15, -0.1) is 0 Å². The number of carbonyl (C=O) groups excluding carboxylic acids is 1. The first kappa shape index (κ1) is 21.5. The van der Waals surface area contributed by atoms with E-state index in [2.05, 4.69) is 29.7 Å². The Labute approximate surface area is 178 Å². The Hall–Kier alpha value is -3.18. The molecular weight excluding hydrogens is 374 g/mol. The Kier molecular flexibility index (Phi) is 7.20. The molecule has 3 rings (SSSR count). The molecule has 0 aliphatic carbocycles. The summed E-state index contributed by atoms with van der Waals surface area (Å²) in [5.74, 6) is 1.28. The molecule has 0 aromatic heterocycles. The molecule has 5 heteroatoms. The van der Waals surface area contributed by atoms with Crippen LogP contribution in [-0.4, -0.2) is 31.9 Å². The predicted molar refractivity (Wildman–Crippen MR) is 123 cm³/mol. The summed E-state index contributed by atoms with van der Waals surface area (Å²) in [5, 5.41) is 6.24. The first-order valence-electron chi connectivity index (χ1n) is 10.2. The Morgan fingerprint density at radius 3 is 2.60 bits per heavy atom. The number of hydrogen-bond acceptors (Lipinski definition) is 4. The van der Waals surface area contributed by atoms with E-state index >= 15 is 0 Å². The van der Waals surface area contributed by atoms with Gasteiger partial charge in [0.05, 0.1) is 12.8 Å². The van der Waals surface area contributed by atoms with Crippen LogP contribution in [0.5, 0.6) is 5.75 Å². The number of hydrogen-bond donors (Lipinski definition) is 2. The van der Waals surface area contributed by atoms with E-state index in [-0.39, 0.29) is 5.91 Å². The number of fused-ring (bicyclic) bond motifs is 1. The zero-order valence-electron chi connectivity index (χ0n) is 18.1. The number of amidine groups is 1. The molecule has 156 valence electrons. The van der Waals surface area contributed by atoms with Crippen molar-refractivity contribution in [2.45, 2.75) is 27.2 Å². The van der Waals surface area contributed by atoms with Gasteiger partial charge in [0.25, 0.3) is 5.91 Å². The first-order chi connectivity index (χ1) is 14.5. The number of benzene rings is 2. The average Bonchev–Trinajstić information content (AvgIpc) is 3.19. The summed E-state index contributed by atoms with van der Waals surface area (Å²) in [6, 6.07) is 14.1. The molecule has 30 heavy (non-hydrogen) atoms. The van der Waals surface area contributed by atoms with Gasteiger partial charge in [0.15, 0.2) is 0 Å². The molecule has 5 nitrogen and oxygen atoms in total. The lowest BCUT2D eigenvalue weighted by Crippen LogP contribution is -2.31. The van der Waals surface area contributed by atoms with Crippen molar-refractivity contribution in [3.63, 3.8) is 0 Å². The fraction of sp³-hybridized carbons (Fsp3) is 0.280. The third-order valence-corrected chi connectivity index (χ3v) is 5.02. The van der Waals surface area contributed by atoms with Crippen molar-refractivity contribution in [3.8, 4) is 16.9 Å². The number of amides is 1. The van der Waals surface area contributed by atoms with Gasteiger partial charge in [-0.25, -0.2) is 4.99 Å². The molecule has 0 fully saturated rings. The molecule has 0 atom stereocenters. The maximum absolute atomic E-state index is 12.6. The van der Waals surface area contributed by atoms with Gasteiger partial charge in [-0.05, 0) is 38.1 Å². The van der Waals surface area contributed by atoms with E-state index in [0.29, 0.717) is 17.8 Å². The van der Waals surface area contributed by atoms with Crippen molar-refractivity contribution in [3.05, 3.63) is 71.3 Å². The van der Waals surface area contributed by atoms with Gasteiger partial charge in [-0.2, -0.15) is 0 Å². The van der Waals surface area contributed by atoms with Gasteiger partial charge in [-0.3, -0.25) is 4.79 Å². The first-order valence-corrected chi connectivity index (χ1v) is 10.2. The van der Waals surface area contributed by atoms with E-state index < -0.39 is 0 Å². The van der Waals surface area contributed by atoms with Crippen molar-refractivity contribution in [1.29, 1.82) is 0 Å². The van der Waals surface area contributed by atoms with Crippen molar-refractivity contribution in [1.82, 2.24) is 10.6 Å². The standard InChI is InChI=1S/C25H29N3O2/c1-5-26-16-17(2)11-12-18(3)25(29)28-23-15-21-22(30-4)14-13-20(24(21)27-23)19-9-7-6-8-10-19/h6-14,26H,5,15-16H2,1-4H3,(H,27,28,29)/b17-11+,18-12+. The van der Waals surface area contributed by atoms with Crippen LogP contribution >= 0.6 is 0 Å². The molecule has 2 aromatic carbocycles. The molecule has 1 amide bonds. The zero-order chi connectivity index (χ0) is 21.5. The molecule has 1 aliphatic rings. The molecule has 1 aliphatic heterocycles. The molecule has 0 saturated heterocycles. The number of nitrogens with one attached hydrogen (secondary N) is 2. The van der Waals surface area contributed by atoms with Gasteiger partial charge in [-0.1, -0.05) is 55.0 Å². The van der Waals surface area contributed by atoms with Gasteiger partial charge in [0.1, 0.15) is 11.6 Å². The van der Waals surface area contributed by atoms with Crippen LogP contribution in [0.2, 0.25) is 0 Å². The molecule has 2 aromatic rings. The fourth-order valence-electron chi connectivity index (χ4n) is 3.33. The second-order valence-corrected chi connectivity index (χ2v) is 7.34. The number of carbonyl (C=O) groups is 1. The lowest BCUT2D eigenvalue weighted by molar-refractivity contribution is -0.116. The number of methoxy groups -OCH3 is 1. The Bertz CT molecular complexity index is 1000. The number of likely N-dealkylation sites (N-methyl/N-ethyl adjacent to an activating group) is 1. The lowest BCUT2D eigenvalue weighted by atomic mass is 9.99. The highest BCUT2D eigenvalue weighted by Crippen LogP contribution is 2.42. The van der Waals surface area contributed by atoms with Gasteiger partial charge in [0.2, 0.25) is 0 Å². The van der Waals surface area contributed by atoms with E-state index in [4.69, 9.17) is 9.73 Å². The fourth-order valence-corrected chi connectivity index (χ4v) is 3.33. The number of allylic oxidation sites excluding steroid dienone is 2. The van der Waals surface area contributed by atoms with Crippen molar-refractivity contribution in [2.75, 3.05) is 20.2 Å². The highest BCUT2D eigenvalue weighted by atomic mass is 16.5. The van der Waals surface area contributed by atoms with Crippen LogP contribution in [0.4, 0.5) is 5.69 Å². The Morgan fingerprint density at radius 2 is 1.90 bits per heavy atom. The van der Waals surface area contributed by atoms with Crippen LogP contribution < -0.4 is 15.4 Å². The SMILES string of the molecule is CCNC/C(C)=C/C=C(\C)C(=O)NC1=Nc2c(-c3ccccc3)ccc(OC)c2C1. The highest BCUT2D eigenvalue weighted by molar-refractivity contribution is 6.09. The third-order valence-electron chi connectivity index (χ3n) is 5.02. The molecule has 0 saturated carbocycles. The van der Waals surface area contributed by atoms with Crippen LogP contribution in [0.3, 0.4) is 0 Å². The van der Waals surface area contributed by atoms with Crippen molar-refractivity contribution >= 4 is 17.4 Å². The largest absolute Gasteiger partial charge is 0.496 e. The summed E-state index contributed by atoms with van der Waals surface area (Å²) in [4.78, 5) is 17.4. The Morgan fingerprint density at radius 1 is 1.13 bits per heavy atom. The molecule has 0 radical (unpaired) electrons. The Balaban J connectivity index is 1.80. The normalized spacial score (nSPS) is 13.7. The van der Waals surface area contributed by atoms with E-state index in [0.717, 1.165) is 41.2 Å². The third kappa shape index (κ3) is 5.05. The van der Waals surface area contributed by atoms with Crippen LogP contribution in [0.1, 0.15) is 26.3 Å². The molecule has 2 N–H and O–H groups in total. The number of ether oxygens (including phenoxy) is 1. The second kappa shape index (κ2) is 10.0. The number of rotatable bonds is 7. The van der Waals surface area contributed by atoms with Crippen LogP contribution in [0, 0.1) is 0 Å². The lowest BCUT2D eigenvalue weighted by Gasteiger charge is -2.10. The molecule has 0 bridgehead atoms. The van der Waals surface area contributed by atoms with Crippen LogP contribution in [0.15, 0.2) is 70.8 Å². The summed E-state index contributed by atoms with van der Waals surface area (Å²) in [7, 11) is 1.66. The van der Waals surface area contributed by atoms with Gasteiger partial charge >= 0.3 is 0 Å². The molecular formula is C25H29N3O2. The molecule has 0 unspecified atom stereocenters. The average molecular weight is 404 g/mol. The summed E-state index contributed by atoms with van der Waals surface area (Å²) >= 11 is 0. The van der Waals surface area contributed by atoms with Crippen molar-refractivity contribution in [2.24, 2.45) is 4.99 Å². The van der Waals surface area contributed by atoms with Crippen LogP contribution in [0.25, 0.3) is 11.1 Å². The summed E-state index contributed by atoms with van der Waals surface area (Å²) in [6.45, 7) is 7.65. The minimum absolute atomic E-state index is 0.144. The highest BCUT2D eigenvalue weighted by Gasteiger charge is 2.24. The maximum atomic E-state index is 12.6. The van der Waals surface area contributed by atoms with Gasteiger partial charge < -0.3 is 15.4 Å².